The minimum atomic E-state index is -0.750. The van der Waals surface area contributed by atoms with Gasteiger partial charge in [-0.2, -0.15) is 5.26 Å². The Labute approximate surface area is 159 Å². The molecule has 1 unspecified atom stereocenters. The van der Waals surface area contributed by atoms with Gasteiger partial charge in [0.1, 0.15) is 5.54 Å². The molecule has 4 nitrogen and oxygen atoms in total. The lowest BCUT2D eigenvalue weighted by atomic mass is 9.98. The zero-order valence-corrected chi connectivity index (χ0v) is 15.7. The Morgan fingerprint density at radius 2 is 1.88 bits per heavy atom. The smallest absolute Gasteiger partial charge is 0.240 e. The summed E-state index contributed by atoms with van der Waals surface area (Å²) >= 11 is 1.74. The first-order chi connectivity index (χ1) is 12.6. The molecule has 1 aliphatic rings. The lowest BCUT2D eigenvalue weighted by Gasteiger charge is -2.23. The standard InChI is InChI=1S/C21H23N3OS/c1-21(15-22,17-11-12-17)24-20(25)13-23-18-9-5-6-10-19(18)26-14-16-7-3-2-4-8-16/h2-10,17,23H,11-14H2,1H3,(H,24,25). The second kappa shape index (κ2) is 8.29. The third kappa shape index (κ3) is 4.80. The molecule has 1 amide bonds. The molecule has 0 spiro atoms. The zero-order valence-electron chi connectivity index (χ0n) is 14.9. The number of anilines is 1. The molecule has 3 rings (SSSR count). The van der Waals surface area contributed by atoms with Crippen molar-refractivity contribution in [3.05, 3.63) is 60.2 Å². The van der Waals surface area contributed by atoms with Crippen LogP contribution in [-0.4, -0.2) is 18.0 Å². The second-order valence-corrected chi connectivity index (χ2v) is 7.78. The van der Waals surface area contributed by atoms with Crippen LogP contribution in [0.25, 0.3) is 0 Å². The fraction of sp³-hybridized carbons (Fsp3) is 0.333. The maximum atomic E-state index is 12.3. The van der Waals surface area contributed by atoms with Crippen molar-refractivity contribution in [1.29, 1.82) is 5.26 Å². The molecule has 0 saturated heterocycles. The summed E-state index contributed by atoms with van der Waals surface area (Å²) in [4.78, 5) is 13.4. The minimum Gasteiger partial charge on any atom is -0.375 e. The van der Waals surface area contributed by atoms with Gasteiger partial charge in [0.25, 0.3) is 0 Å². The highest BCUT2D eigenvalue weighted by Gasteiger charge is 2.42. The third-order valence-corrected chi connectivity index (χ3v) is 5.73. The summed E-state index contributed by atoms with van der Waals surface area (Å²) in [5.74, 6) is 1.01. The van der Waals surface area contributed by atoms with Crippen molar-refractivity contribution in [2.75, 3.05) is 11.9 Å². The summed E-state index contributed by atoms with van der Waals surface area (Å²) in [6.45, 7) is 1.97. The normalized spacial score (nSPS) is 15.5. The van der Waals surface area contributed by atoms with Crippen molar-refractivity contribution in [2.24, 2.45) is 5.92 Å². The van der Waals surface area contributed by atoms with Crippen LogP contribution in [0, 0.1) is 17.2 Å². The van der Waals surface area contributed by atoms with Crippen molar-refractivity contribution >= 4 is 23.4 Å². The number of thioether (sulfide) groups is 1. The quantitative estimate of drug-likeness (QED) is 0.688. The second-order valence-electron chi connectivity index (χ2n) is 6.76. The Bertz CT molecular complexity index is 798. The molecule has 1 aliphatic carbocycles. The number of rotatable bonds is 8. The predicted octanol–water partition coefficient (Wildman–Crippen LogP) is 4.20. The molecule has 0 aliphatic heterocycles. The van der Waals surface area contributed by atoms with Gasteiger partial charge in [-0.25, -0.2) is 0 Å². The molecule has 1 saturated carbocycles. The fourth-order valence-electron chi connectivity index (χ4n) is 2.87. The number of nitrogens with zero attached hydrogens (tertiary/aromatic N) is 1. The summed E-state index contributed by atoms with van der Waals surface area (Å²) in [6.07, 6.45) is 2.02. The van der Waals surface area contributed by atoms with Crippen LogP contribution in [-0.2, 0) is 10.5 Å². The summed E-state index contributed by atoms with van der Waals surface area (Å²) in [5.41, 5.74) is 1.45. The largest absolute Gasteiger partial charge is 0.375 e. The van der Waals surface area contributed by atoms with Crippen molar-refractivity contribution < 1.29 is 4.79 Å². The maximum Gasteiger partial charge on any atom is 0.240 e. The third-order valence-electron chi connectivity index (χ3n) is 4.59. The van der Waals surface area contributed by atoms with Crippen molar-refractivity contribution in [1.82, 2.24) is 5.32 Å². The van der Waals surface area contributed by atoms with E-state index >= 15 is 0 Å². The van der Waals surface area contributed by atoms with Crippen LogP contribution in [0.15, 0.2) is 59.5 Å². The summed E-state index contributed by atoms with van der Waals surface area (Å²) in [5, 5.41) is 15.5. The number of carbonyl (C=O) groups excluding carboxylic acids is 1. The lowest BCUT2D eigenvalue weighted by molar-refractivity contribution is -0.120. The minimum absolute atomic E-state index is 0.149. The molecule has 0 radical (unpaired) electrons. The van der Waals surface area contributed by atoms with Crippen LogP contribution >= 0.6 is 11.8 Å². The van der Waals surface area contributed by atoms with E-state index in [9.17, 15) is 10.1 Å². The van der Waals surface area contributed by atoms with Gasteiger partial charge in [0.2, 0.25) is 5.91 Å². The summed E-state index contributed by atoms with van der Waals surface area (Å²) < 4.78 is 0. The molecule has 1 atom stereocenters. The van der Waals surface area contributed by atoms with Crippen LogP contribution < -0.4 is 10.6 Å². The van der Waals surface area contributed by atoms with Crippen LogP contribution in [0.3, 0.4) is 0 Å². The van der Waals surface area contributed by atoms with Gasteiger partial charge in [0.15, 0.2) is 0 Å². The van der Waals surface area contributed by atoms with E-state index in [4.69, 9.17) is 0 Å². The number of para-hydroxylation sites is 1. The first-order valence-corrected chi connectivity index (χ1v) is 9.81. The molecule has 134 valence electrons. The van der Waals surface area contributed by atoms with E-state index in [0.29, 0.717) is 0 Å². The van der Waals surface area contributed by atoms with E-state index in [1.807, 2.05) is 43.3 Å². The molecule has 2 N–H and O–H groups in total. The number of benzene rings is 2. The highest BCUT2D eigenvalue weighted by atomic mass is 32.2. The zero-order chi connectivity index (χ0) is 18.4. The van der Waals surface area contributed by atoms with Gasteiger partial charge in [-0.3, -0.25) is 4.79 Å². The number of nitriles is 1. The van der Waals surface area contributed by atoms with Crippen molar-refractivity contribution in [2.45, 2.75) is 36.0 Å². The number of amides is 1. The van der Waals surface area contributed by atoms with Gasteiger partial charge in [0, 0.05) is 16.3 Å². The first-order valence-electron chi connectivity index (χ1n) is 8.82. The van der Waals surface area contributed by atoms with E-state index in [-0.39, 0.29) is 18.4 Å². The topological polar surface area (TPSA) is 64.9 Å². The average Bonchev–Trinajstić information content (AvgIpc) is 3.52. The molecule has 5 heteroatoms. The molecule has 1 fully saturated rings. The Morgan fingerprint density at radius 1 is 1.19 bits per heavy atom. The molecular weight excluding hydrogens is 342 g/mol. The number of hydrogen-bond acceptors (Lipinski definition) is 4. The maximum absolute atomic E-state index is 12.3. The average molecular weight is 366 g/mol. The Kier molecular flexibility index (Phi) is 5.85. The highest BCUT2D eigenvalue weighted by molar-refractivity contribution is 7.98. The molecule has 2 aromatic carbocycles. The SMILES string of the molecule is CC(C#N)(NC(=O)CNc1ccccc1SCc1ccccc1)C1CC1. The van der Waals surface area contributed by atoms with Gasteiger partial charge in [-0.15, -0.1) is 11.8 Å². The lowest BCUT2D eigenvalue weighted by Crippen LogP contribution is -2.48. The number of hydrogen-bond donors (Lipinski definition) is 2. The molecular formula is C21H23N3OS. The highest BCUT2D eigenvalue weighted by Crippen LogP contribution is 2.39. The Morgan fingerprint density at radius 3 is 2.58 bits per heavy atom. The van der Waals surface area contributed by atoms with Gasteiger partial charge >= 0.3 is 0 Å². The van der Waals surface area contributed by atoms with E-state index < -0.39 is 5.54 Å². The van der Waals surface area contributed by atoms with Crippen LogP contribution in [0.2, 0.25) is 0 Å². The van der Waals surface area contributed by atoms with Gasteiger partial charge < -0.3 is 10.6 Å². The number of carbonyl (C=O) groups is 1. The van der Waals surface area contributed by atoms with Crippen LogP contribution in [0.1, 0.15) is 25.3 Å². The van der Waals surface area contributed by atoms with Crippen molar-refractivity contribution in [3.63, 3.8) is 0 Å². The Balaban J connectivity index is 1.56. The summed E-state index contributed by atoms with van der Waals surface area (Å²) in [7, 11) is 0. The molecule has 26 heavy (non-hydrogen) atoms. The Hall–Kier alpha value is -2.45. The molecule has 0 bridgehead atoms. The van der Waals surface area contributed by atoms with Gasteiger partial charge in [0.05, 0.1) is 12.6 Å². The van der Waals surface area contributed by atoms with E-state index in [1.54, 1.807) is 11.8 Å². The van der Waals surface area contributed by atoms with Crippen LogP contribution in [0.5, 0.6) is 0 Å². The number of nitrogens with one attached hydrogen (secondary N) is 2. The fourth-order valence-corrected chi connectivity index (χ4v) is 3.85. The monoisotopic (exact) mass is 365 g/mol. The first kappa shape index (κ1) is 18.3. The van der Waals surface area contributed by atoms with E-state index in [2.05, 4.69) is 34.9 Å². The molecule has 0 aromatic heterocycles. The van der Waals surface area contributed by atoms with E-state index in [1.165, 1.54) is 5.56 Å². The summed E-state index contributed by atoms with van der Waals surface area (Å²) in [6, 6.07) is 20.5. The molecule has 2 aromatic rings. The van der Waals surface area contributed by atoms with Gasteiger partial charge in [-0.1, -0.05) is 42.5 Å². The molecule has 0 heterocycles. The van der Waals surface area contributed by atoms with Gasteiger partial charge in [-0.05, 0) is 43.4 Å². The van der Waals surface area contributed by atoms with Crippen molar-refractivity contribution in [3.8, 4) is 6.07 Å². The predicted molar refractivity (Wildman–Crippen MR) is 106 cm³/mol. The van der Waals surface area contributed by atoms with E-state index in [0.717, 1.165) is 29.2 Å². The van der Waals surface area contributed by atoms with Crippen LogP contribution in [0.4, 0.5) is 5.69 Å².